The Bertz CT molecular complexity index is 732. The van der Waals surface area contributed by atoms with Crippen LogP contribution in [0.25, 0.3) is 0 Å². The molecule has 2 fully saturated rings. The summed E-state index contributed by atoms with van der Waals surface area (Å²) >= 11 is 0. The summed E-state index contributed by atoms with van der Waals surface area (Å²) in [5.74, 6) is 3.25. The van der Waals surface area contributed by atoms with Gasteiger partial charge < -0.3 is 19.7 Å². The van der Waals surface area contributed by atoms with Gasteiger partial charge in [-0.3, -0.25) is 4.90 Å². The minimum atomic E-state index is -0.518. The van der Waals surface area contributed by atoms with Crippen molar-refractivity contribution in [3.63, 3.8) is 0 Å². The zero-order chi connectivity index (χ0) is 18.8. The van der Waals surface area contributed by atoms with Gasteiger partial charge in [-0.25, -0.2) is 0 Å². The maximum atomic E-state index is 10.5. The normalized spacial score (nSPS) is 25.9. The summed E-state index contributed by atoms with van der Waals surface area (Å²) in [6.45, 7) is 2.67. The van der Waals surface area contributed by atoms with Gasteiger partial charge in [0.1, 0.15) is 17.2 Å². The van der Waals surface area contributed by atoms with Crippen molar-refractivity contribution >= 4 is 0 Å². The minimum absolute atomic E-state index is 0.226. The Morgan fingerprint density at radius 3 is 2.15 bits per heavy atom. The van der Waals surface area contributed by atoms with Crippen molar-refractivity contribution in [2.75, 3.05) is 26.7 Å². The van der Waals surface area contributed by atoms with Crippen molar-refractivity contribution in [2.24, 2.45) is 11.8 Å². The maximum Gasteiger partial charge on any atom is 0.119 e. The number of hydrogen-bond acceptors (Lipinski definition) is 5. The van der Waals surface area contributed by atoms with E-state index in [0.29, 0.717) is 18.4 Å². The molecule has 0 bridgehead atoms. The third-order valence-electron chi connectivity index (χ3n) is 5.85. The molecule has 0 amide bonds. The van der Waals surface area contributed by atoms with E-state index in [-0.39, 0.29) is 11.9 Å². The van der Waals surface area contributed by atoms with Gasteiger partial charge in [0, 0.05) is 19.6 Å². The van der Waals surface area contributed by atoms with Crippen molar-refractivity contribution in [2.45, 2.75) is 25.0 Å². The molecule has 1 saturated heterocycles. The molecule has 3 atom stereocenters. The number of phenols is 1. The summed E-state index contributed by atoms with van der Waals surface area (Å²) in [6.07, 6.45) is 1.90. The first-order valence-corrected chi connectivity index (χ1v) is 9.61. The lowest BCUT2D eigenvalue weighted by molar-refractivity contribution is 0.116. The van der Waals surface area contributed by atoms with E-state index in [1.165, 1.54) is 0 Å². The fourth-order valence-corrected chi connectivity index (χ4v) is 4.48. The molecule has 1 aliphatic heterocycles. The molecule has 1 heterocycles. The summed E-state index contributed by atoms with van der Waals surface area (Å²) in [7, 11) is 1.67. The number of phenolic OH excluding ortho intramolecular Hbond substituents is 1. The van der Waals surface area contributed by atoms with Gasteiger partial charge in [0.15, 0.2) is 0 Å². The van der Waals surface area contributed by atoms with Crippen molar-refractivity contribution in [1.82, 2.24) is 4.90 Å². The molecule has 27 heavy (non-hydrogen) atoms. The number of rotatable bonds is 6. The largest absolute Gasteiger partial charge is 0.508 e. The van der Waals surface area contributed by atoms with Crippen LogP contribution < -0.4 is 9.47 Å². The molecule has 0 radical (unpaired) electrons. The molecule has 0 aromatic heterocycles. The molecule has 5 nitrogen and oxygen atoms in total. The van der Waals surface area contributed by atoms with E-state index in [1.54, 1.807) is 31.4 Å². The van der Waals surface area contributed by atoms with E-state index in [2.05, 4.69) is 4.90 Å². The van der Waals surface area contributed by atoms with Gasteiger partial charge in [0.05, 0.1) is 19.3 Å². The van der Waals surface area contributed by atoms with E-state index in [1.807, 2.05) is 24.3 Å². The lowest BCUT2D eigenvalue weighted by Gasteiger charge is -2.22. The third kappa shape index (κ3) is 4.20. The van der Waals surface area contributed by atoms with Crippen LogP contribution in [0, 0.1) is 11.8 Å². The number of aliphatic hydroxyl groups excluding tert-OH is 1. The second kappa shape index (κ2) is 7.79. The molecule has 5 heteroatoms. The number of benzene rings is 2. The zero-order valence-electron chi connectivity index (χ0n) is 15.6. The molecule has 0 spiro atoms. The Morgan fingerprint density at radius 2 is 1.56 bits per heavy atom. The Balaban J connectivity index is 1.27. The monoisotopic (exact) mass is 369 g/mol. The zero-order valence-corrected chi connectivity index (χ0v) is 15.6. The Kier molecular flexibility index (Phi) is 5.23. The van der Waals surface area contributed by atoms with Gasteiger partial charge >= 0.3 is 0 Å². The fraction of sp³-hybridized carbons (Fsp3) is 0.455. The summed E-state index contributed by atoms with van der Waals surface area (Å²) in [5, 5.41) is 19.8. The molecule has 2 aliphatic rings. The summed E-state index contributed by atoms with van der Waals surface area (Å²) in [6, 6.07) is 14.6. The van der Waals surface area contributed by atoms with Gasteiger partial charge in [-0.15, -0.1) is 0 Å². The van der Waals surface area contributed by atoms with Crippen LogP contribution in [0.1, 0.15) is 24.5 Å². The highest BCUT2D eigenvalue weighted by atomic mass is 16.5. The number of methoxy groups -OCH3 is 1. The van der Waals surface area contributed by atoms with Crippen molar-refractivity contribution in [1.29, 1.82) is 0 Å². The number of aliphatic hydroxyl groups is 1. The average molecular weight is 369 g/mol. The molecule has 2 aromatic rings. The predicted octanol–water partition coefficient (Wildman–Crippen LogP) is 3.22. The molecule has 1 saturated carbocycles. The van der Waals surface area contributed by atoms with Crippen molar-refractivity contribution < 1.29 is 19.7 Å². The highest BCUT2D eigenvalue weighted by Crippen LogP contribution is 2.40. The maximum absolute atomic E-state index is 10.5. The predicted molar refractivity (Wildman–Crippen MR) is 103 cm³/mol. The lowest BCUT2D eigenvalue weighted by atomic mass is 10.0. The van der Waals surface area contributed by atoms with Crippen LogP contribution in [-0.4, -0.2) is 48.0 Å². The van der Waals surface area contributed by atoms with E-state index >= 15 is 0 Å². The Morgan fingerprint density at radius 1 is 0.963 bits per heavy atom. The van der Waals surface area contributed by atoms with E-state index in [4.69, 9.17) is 9.47 Å². The summed E-state index contributed by atoms with van der Waals surface area (Å²) in [5.41, 5.74) is 0.852. The van der Waals surface area contributed by atoms with Crippen molar-refractivity contribution in [3.8, 4) is 17.2 Å². The average Bonchev–Trinajstić information content (AvgIpc) is 3.20. The van der Waals surface area contributed by atoms with Gasteiger partial charge in [0.25, 0.3) is 0 Å². The van der Waals surface area contributed by atoms with E-state index in [9.17, 15) is 10.2 Å². The van der Waals surface area contributed by atoms with Crippen LogP contribution in [0.4, 0.5) is 0 Å². The van der Waals surface area contributed by atoms with Crippen LogP contribution in [0.15, 0.2) is 48.5 Å². The molecular formula is C22H27NO4. The first-order chi connectivity index (χ1) is 13.1. The Labute approximate surface area is 160 Å². The van der Waals surface area contributed by atoms with Crippen molar-refractivity contribution in [3.05, 3.63) is 54.1 Å². The highest BCUT2D eigenvalue weighted by Gasteiger charge is 2.42. The third-order valence-corrected chi connectivity index (χ3v) is 5.85. The van der Waals surface area contributed by atoms with Gasteiger partial charge in [-0.05, 0) is 66.6 Å². The molecule has 1 aliphatic carbocycles. The van der Waals surface area contributed by atoms with Gasteiger partial charge in [-0.2, -0.15) is 0 Å². The molecule has 2 aromatic carbocycles. The first kappa shape index (κ1) is 18.1. The first-order valence-electron chi connectivity index (χ1n) is 9.61. The smallest absolute Gasteiger partial charge is 0.119 e. The number of aromatic hydroxyl groups is 1. The molecule has 4 rings (SSSR count). The van der Waals surface area contributed by atoms with Crippen LogP contribution in [0.3, 0.4) is 0 Å². The minimum Gasteiger partial charge on any atom is -0.508 e. The van der Waals surface area contributed by atoms with Crippen LogP contribution in [0.5, 0.6) is 17.2 Å². The number of hydrogen-bond donors (Lipinski definition) is 2. The lowest BCUT2D eigenvalue weighted by Crippen LogP contribution is -2.28. The number of fused-ring (bicyclic) bond motifs is 1. The van der Waals surface area contributed by atoms with E-state index in [0.717, 1.165) is 43.0 Å². The van der Waals surface area contributed by atoms with Gasteiger partial charge in [-0.1, -0.05) is 12.1 Å². The SMILES string of the molecule is COc1ccc(OC2CC3CN(CC(O)c4ccc(O)cc4)CC3C2)cc1. The fourth-order valence-electron chi connectivity index (χ4n) is 4.48. The second-order valence-electron chi connectivity index (χ2n) is 7.73. The number of nitrogens with zero attached hydrogens (tertiary/aromatic N) is 1. The summed E-state index contributed by atoms with van der Waals surface area (Å²) in [4.78, 5) is 2.36. The van der Waals surface area contributed by atoms with Crippen LogP contribution >= 0.6 is 0 Å². The second-order valence-corrected chi connectivity index (χ2v) is 7.73. The Hall–Kier alpha value is -2.24. The molecule has 144 valence electrons. The van der Waals surface area contributed by atoms with Crippen LogP contribution in [-0.2, 0) is 0 Å². The number of β-amino-alcohol motifs (C(OH)–C–C–N with tert-alkyl or cyclic N) is 1. The van der Waals surface area contributed by atoms with Gasteiger partial charge in [0.2, 0.25) is 0 Å². The highest BCUT2D eigenvalue weighted by molar-refractivity contribution is 5.31. The standard InChI is InChI=1S/C22H27NO4/c1-26-19-6-8-20(9-7-19)27-21-10-16-12-23(13-17(16)11-21)14-22(25)15-2-4-18(24)5-3-15/h2-9,16-17,21-22,24-25H,10-14H2,1H3. The molecule has 3 unspecified atom stereocenters. The topological polar surface area (TPSA) is 62.2 Å². The number of likely N-dealkylation sites (tertiary alicyclic amines) is 1. The molecule has 2 N–H and O–H groups in total. The summed E-state index contributed by atoms with van der Waals surface area (Å²) < 4.78 is 11.3. The van der Waals surface area contributed by atoms with Crippen LogP contribution in [0.2, 0.25) is 0 Å². The molecular weight excluding hydrogens is 342 g/mol. The van der Waals surface area contributed by atoms with E-state index < -0.39 is 6.10 Å². The quantitative estimate of drug-likeness (QED) is 0.819. The number of ether oxygens (including phenoxy) is 2.